The lowest BCUT2D eigenvalue weighted by molar-refractivity contribution is 0.951. The molecule has 1 aromatic carbocycles. The minimum atomic E-state index is 0.195. The second-order valence-corrected chi connectivity index (χ2v) is 4.09. The molecule has 0 bridgehead atoms. The molecule has 3 N–H and O–H groups in total. The van der Waals surface area contributed by atoms with Crippen LogP contribution in [0.3, 0.4) is 0 Å². The van der Waals surface area contributed by atoms with E-state index >= 15 is 0 Å². The van der Waals surface area contributed by atoms with Crippen molar-refractivity contribution in [2.45, 2.75) is 26.7 Å². The maximum absolute atomic E-state index is 5.35. The van der Waals surface area contributed by atoms with Crippen molar-refractivity contribution in [3.8, 4) is 0 Å². The van der Waals surface area contributed by atoms with Crippen LogP contribution in [0.4, 0.5) is 0 Å². The molecule has 0 spiro atoms. The Morgan fingerprint density at radius 3 is 2.50 bits per heavy atom. The molecule has 0 aromatic heterocycles. The lowest BCUT2D eigenvalue weighted by atomic mass is 10.0. The second kappa shape index (κ2) is 6.23. The second-order valence-electron chi connectivity index (χ2n) is 3.65. The summed E-state index contributed by atoms with van der Waals surface area (Å²) in [7, 11) is 0. The first kappa shape index (κ1) is 12.6. The van der Waals surface area contributed by atoms with Crippen LogP contribution in [0.1, 0.15) is 30.9 Å². The van der Waals surface area contributed by atoms with E-state index < -0.39 is 0 Å². The molecule has 0 fully saturated rings. The highest BCUT2D eigenvalue weighted by atomic mass is 32.1. The van der Waals surface area contributed by atoms with Crippen molar-refractivity contribution in [3.05, 3.63) is 35.4 Å². The summed E-state index contributed by atoms with van der Waals surface area (Å²) in [6.07, 6.45) is 1.93. The van der Waals surface area contributed by atoms with Gasteiger partial charge in [-0.1, -0.05) is 43.2 Å². The van der Waals surface area contributed by atoms with Crippen molar-refractivity contribution in [3.63, 3.8) is 0 Å². The maximum atomic E-state index is 5.35. The molecule has 1 aromatic rings. The van der Waals surface area contributed by atoms with Gasteiger partial charge in [0, 0.05) is 0 Å². The van der Waals surface area contributed by atoms with Gasteiger partial charge in [0.2, 0.25) is 0 Å². The third-order valence-corrected chi connectivity index (χ3v) is 2.26. The zero-order valence-electron chi connectivity index (χ0n) is 9.66. The molecule has 86 valence electrons. The number of hydrogen-bond acceptors (Lipinski definition) is 2. The first-order valence-electron chi connectivity index (χ1n) is 5.32. The van der Waals surface area contributed by atoms with Gasteiger partial charge >= 0.3 is 0 Å². The van der Waals surface area contributed by atoms with Gasteiger partial charge in [0.05, 0.1) is 5.71 Å². The Kier molecular flexibility index (Phi) is 4.92. The Bertz CT molecular complexity index is 382. The number of benzene rings is 1. The van der Waals surface area contributed by atoms with Crippen molar-refractivity contribution in [1.82, 2.24) is 5.43 Å². The van der Waals surface area contributed by atoms with E-state index in [1.165, 1.54) is 5.56 Å². The van der Waals surface area contributed by atoms with Crippen LogP contribution in [0.15, 0.2) is 29.4 Å². The molecule has 0 saturated carbocycles. The molecule has 0 heterocycles. The van der Waals surface area contributed by atoms with E-state index in [4.69, 9.17) is 18.0 Å². The number of nitrogens with zero attached hydrogens (tertiary/aromatic N) is 1. The van der Waals surface area contributed by atoms with Gasteiger partial charge in [-0.15, -0.1) is 0 Å². The summed E-state index contributed by atoms with van der Waals surface area (Å²) in [5.74, 6) is 0. The van der Waals surface area contributed by atoms with Gasteiger partial charge in [-0.05, 0) is 31.1 Å². The molecule has 4 heteroatoms. The highest BCUT2D eigenvalue weighted by Gasteiger charge is 2.02. The van der Waals surface area contributed by atoms with E-state index in [-0.39, 0.29) is 5.11 Å². The predicted octanol–water partition coefficient (Wildman–Crippen LogP) is 2.33. The third-order valence-electron chi connectivity index (χ3n) is 2.17. The number of rotatable bonds is 4. The normalized spacial score (nSPS) is 11.2. The summed E-state index contributed by atoms with van der Waals surface area (Å²) >= 11 is 4.73. The molecule has 0 aliphatic rings. The third kappa shape index (κ3) is 3.98. The van der Waals surface area contributed by atoms with Gasteiger partial charge in [0.25, 0.3) is 0 Å². The molecule has 0 unspecified atom stereocenters. The molecule has 0 amide bonds. The van der Waals surface area contributed by atoms with Crippen molar-refractivity contribution < 1.29 is 0 Å². The largest absolute Gasteiger partial charge is 0.375 e. The number of aryl methyl sites for hydroxylation is 1. The summed E-state index contributed by atoms with van der Waals surface area (Å²) in [4.78, 5) is 0. The molecule has 3 nitrogen and oxygen atoms in total. The standard InChI is InChI=1S/C12H17N3S/c1-3-4-11(14-15-12(13)16)10-7-5-9(2)6-8-10/h5-8H,3-4H2,1-2H3,(H3,13,15,16)/b14-11+. The van der Waals surface area contributed by atoms with Gasteiger partial charge in [-0.2, -0.15) is 5.10 Å². The van der Waals surface area contributed by atoms with Crippen molar-refractivity contribution in [2.24, 2.45) is 10.8 Å². The molecule has 0 aliphatic carbocycles. The van der Waals surface area contributed by atoms with Crippen LogP contribution in [0.5, 0.6) is 0 Å². The summed E-state index contributed by atoms with van der Waals surface area (Å²) < 4.78 is 0. The Morgan fingerprint density at radius 2 is 2.00 bits per heavy atom. The highest BCUT2D eigenvalue weighted by molar-refractivity contribution is 7.80. The number of nitrogens with two attached hydrogens (primary N) is 1. The zero-order valence-corrected chi connectivity index (χ0v) is 10.5. The number of thiocarbonyl (C=S) groups is 1. The number of hydrazone groups is 1. The topological polar surface area (TPSA) is 50.4 Å². The fourth-order valence-corrected chi connectivity index (χ4v) is 1.42. The predicted molar refractivity (Wildman–Crippen MR) is 72.5 cm³/mol. The van der Waals surface area contributed by atoms with Gasteiger partial charge in [-0.25, -0.2) is 0 Å². The van der Waals surface area contributed by atoms with Gasteiger partial charge in [0.15, 0.2) is 5.11 Å². The zero-order chi connectivity index (χ0) is 12.0. The Hall–Kier alpha value is -1.42. The lowest BCUT2D eigenvalue weighted by Gasteiger charge is -2.06. The summed E-state index contributed by atoms with van der Waals surface area (Å²) in [5, 5.41) is 4.41. The summed E-state index contributed by atoms with van der Waals surface area (Å²) in [6, 6.07) is 8.26. The van der Waals surface area contributed by atoms with Crippen LogP contribution in [0.2, 0.25) is 0 Å². The van der Waals surface area contributed by atoms with Crippen molar-refractivity contribution in [2.75, 3.05) is 0 Å². The van der Waals surface area contributed by atoms with Crippen LogP contribution >= 0.6 is 12.2 Å². The SMILES string of the molecule is CCC/C(=N\NC(N)=S)c1ccc(C)cc1. The van der Waals surface area contributed by atoms with Crippen LogP contribution in [-0.2, 0) is 0 Å². The lowest BCUT2D eigenvalue weighted by Crippen LogP contribution is -2.25. The molecule has 0 saturated heterocycles. The number of hydrogen-bond donors (Lipinski definition) is 2. The quantitative estimate of drug-likeness (QED) is 0.478. The molecule has 1 rings (SSSR count). The van der Waals surface area contributed by atoms with E-state index in [0.717, 1.165) is 24.1 Å². The van der Waals surface area contributed by atoms with E-state index in [2.05, 4.69) is 48.6 Å². The minimum absolute atomic E-state index is 0.195. The van der Waals surface area contributed by atoms with Gasteiger partial charge in [0.1, 0.15) is 0 Å². The Balaban J connectivity index is 2.88. The monoisotopic (exact) mass is 235 g/mol. The molecule has 0 atom stereocenters. The van der Waals surface area contributed by atoms with Gasteiger partial charge < -0.3 is 5.73 Å². The maximum Gasteiger partial charge on any atom is 0.184 e. The van der Waals surface area contributed by atoms with Gasteiger partial charge in [-0.3, -0.25) is 5.43 Å². The van der Waals surface area contributed by atoms with Crippen molar-refractivity contribution in [1.29, 1.82) is 0 Å². The molecule has 16 heavy (non-hydrogen) atoms. The molecule has 0 aliphatic heterocycles. The smallest absolute Gasteiger partial charge is 0.184 e. The Labute approximate surface area is 102 Å². The molecular weight excluding hydrogens is 218 g/mol. The molecular formula is C12H17N3S. The first-order valence-corrected chi connectivity index (χ1v) is 5.73. The summed E-state index contributed by atoms with van der Waals surface area (Å²) in [6.45, 7) is 4.18. The minimum Gasteiger partial charge on any atom is -0.375 e. The van der Waals surface area contributed by atoms with Crippen LogP contribution in [-0.4, -0.2) is 10.8 Å². The van der Waals surface area contributed by atoms with E-state index in [1.807, 2.05) is 0 Å². The van der Waals surface area contributed by atoms with Crippen LogP contribution < -0.4 is 11.2 Å². The first-order chi connectivity index (χ1) is 7.63. The van der Waals surface area contributed by atoms with Crippen LogP contribution in [0, 0.1) is 6.92 Å². The fourth-order valence-electron chi connectivity index (χ4n) is 1.37. The van der Waals surface area contributed by atoms with Crippen molar-refractivity contribution >= 4 is 23.0 Å². The highest BCUT2D eigenvalue weighted by Crippen LogP contribution is 2.08. The fraction of sp³-hybridized carbons (Fsp3) is 0.333. The van der Waals surface area contributed by atoms with E-state index in [9.17, 15) is 0 Å². The number of nitrogens with one attached hydrogen (secondary N) is 1. The summed E-state index contributed by atoms with van der Waals surface area (Å²) in [5.41, 5.74) is 11.3. The van der Waals surface area contributed by atoms with E-state index in [0.29, 0.717) is 0 Å². The Morgan fingerprint density at radius 1 is 1.38 bits per heavy atom. The average molecular weight is 235 g/mol. The van der Waals surface area contributed by atoms with E-state index in [1.54, 1.807) is 0 Å². The molecule has 0 radical (unpaired) electrons. The average Bonchev–Trinajstić information content (AvgIpc) is 2.25. The van der Waals surface area contributed by atoms with Crippen LogP contribution in [0.25, 0.3) is 0 Å².